The van der Waals surface area contributed by atoms with E-state index in [9.17, 15) is 14.4 Å². The van der Waals surface area contributed by atoms with Gasteiger partial charge in [-0.15, -0.1) is 0 Å². The highest BCUT2D eigenvalue weighted by molar-refractivity contribution is 6.04. The fourth-order valence-electron chi connectivity index (χ4n) is 4.36. The second-order valence-corrected chi connectivity index (χ2v) is 8.29. The SMILES string of the molecule is NC(=O)c1[nH]c2ccccc2c1C[CH]C(=O)N1Cc2ccc(NC(=O)c3ccccc3)cc2C1. The molecule has 1 radical (unpaired) electrons. The van der Waals surface area contributed by atoms with Crippen molar-refractivity contribution in [3.8, 4) is 0 Å². The highest BCUT2D eigenvalue weighted by atomic mass is 16.2. The number of H-pyrrole nitrogens is 1. The molecule has 5 rings (SSSR count). The van der Waals surface area contributed by atoms with Crippen LogP contribution in [-0.2, 0) is 24.3 Å². The molecule has 4 N–H and O–H groups in total. The maximum absolute atomic E-state index is 12.9. The second-order valence-electron chi connectivity index (χ2n) is 8.29. The lowest BCUT2D eigenvalue weighted by Gasteiger charge is -2.15. The lowest BCUT2D eigenvalue weighted by Crippen LogP contribution is -2.26. The van der Waals surface area contributed by atoms with Crippen LogP contribution in [0.3, 0.4) is 0 Å². The van der Waals surface area contributed by atoms with Crippen LogP contribution in [-0.4, -0.2) is 27.6 Å². The molecule has 0 unspecified atom stereocenters. The van der Waals surface area contributed by atoms with Crippen molar-refractivity contribution >= 4 is 34.3 Å². The largest absolute Gasteiger partial charge is 0.364 e. The molecule has 4 aromatic rings. The number of carbonyl (C=O) groups excluding carboxylic acids is 3. The minimum Gasteiger partial charge on any atom is -0.364 e. The molecule has 34 heavy (non-hydrogen) atoms. The van der Waals surface area contributed by atoms with Crippen LogP contribution in [0.2, 0.25) is 0 Å². The van der Waals surface area contributed by atoms with Gasteiger partial charge in [0, 0.05) is 35.2 Å². The Balaban J connectivity index is 1.25. The van der Waals surface area contributed by atoms with Gasteiger partial charge in [-0.1, -0.05) is 42.5 Å². The Morgan fingerprint density at radius 2 is 1.68 bits per heavy atom. The van der Waals surface area contributed by atoms with E-state index in [1.54, 1.807) is 23.5 Å². The molecule has 2 heterocycles. The molecule has 7 nitrogen and oxygen atoms in total. The van der Waals surface area contributed by atoms with Crippen molar-refractivity contribution in [2.45, 2.75) is 19.5 Å². The first-order valence-corrected chi connectivity index (χ1v) is 11.0. The van der Waals surface area contributed by atoms with E-state index in [2.05, 4.69) is 10.3 Å². The minimum absolute atomic E-state index is 0.119. The molecule has 1 aromatic heterocycles. The van der Waals surface area contributed by atoms with Crippen molar-refractivity contribution in [3.05, 3.63) is 107 Å². The number of nitrogens with two attached hydrogens (primary N) is 1. The molecule has 3 aromatic carbocycles. The van der Waals surface area contributed by atoms with Gasteiger partial charge in [0.05, 0.1) is 6.42 Å². The van der Waals surface area contributed by atoms with Crippen LogP contribution in [0.15, 0.2) is 72.8 Å². The lowest BCUT2D eigenvalue weighted by molar-refractivity contribution is -0.128. The molecule has 0 fully saturated rings. The average molecular weight is 452 g/mol. The third-order valence-electron chi connectivity index (χ3n) is 6.08. The summed E-state index contributed by atoms with van der Waals surface area (Å²) in [6, 6.07) is 22.3. The number of carbonyl (C=O) groups is 3. The highest BCUT2D eigenvalue weighted by Crippen LogP contribution is 2.28. The summed E-state index contributed by atoms with van der Waals surface area (Å²) in [6.45, 7) is 0.949. The number of hydrogen-bond donors (Lipinski definition) is 3. The Morgan fingerprint density at radius 1 is 0.941 bits per heavy atom. The number of benzene rings is 3. The number of nitrogens with zero attached hydrogens (tertiary/aromatic N) is 1. The molecule has 0 atom stereocenters. The molecule has 0 saturated heterocycles. The van der Waals surface area contributed by atoms with Crippen LogP contribution in [0.25, 0.3) is 10.9 Å². The van der Waals surface area contributed by atoms with Crippen molar-refractivity contribution in [1.29, 1.82) is 0 Å². The van der Waals surface area contributed by atoms with Crippen LogP contribution < -0.4 is 11.1 Å². The fourth-order valence-corrected chi connectivity index (χ4v) is 4.36. The van der Waals surface area contributed by atoms with Gasteiger partial charge in [0.2, 0.25) is 5.91 Å². The topological polar surface area (TPSA) is 108 Å². The summed E-state index contributed by atoms with van der Waals surface area (Å²) in [5.74, 6) is -0.846. The van der Waals surface area contributed by atoms with Crippen molar-refractivity contribution in [3.63, 3.8) is 0 Å². The molecule has 1 aliphatic rings. The summed E-state index contributed by atoms with van der Waals surface area (Å²) < 4.78 is 0. The van der Waals surface area contributed by atoms with Gasteiger partial charge in [-0.2, -0.15) is 0 Å². The Bertz CT molecular complexity index is 1410. The molecule has 1 aliphatic heterocycles. The quantitative estimate of drug-likeness (QED) is 0.415. The predicted octanol–water partition coefficient (Wildman–Crippen LogP) is 3.81. The van der Waals surface area contributed by atoms with Crippen LogP contribution in [0.1, 0.15) is 37.5 Å². The Kier molecular flexibility index (Phi) is 5.59. The molecule has 169 valence electrons. The molecule has 0 saturated carbocycles. The lowest BCUT2D eigenvalue weighted by atomic mass is 10.0. The highest BCUT2D eigenvalue weighted by Gasteiger charge is 2.25. The van der Waals surface area contributed by atoms with Crippen LogP contribution in [0.4, 0.5) is 5.69 Å². The number of aromatic nitrogens is 1. The zero-order chi connectivity index (χ0) is 23.7. The number of primary amides is 1. The number of nitrogens with one attached hydrogen (secondary N) is 2. The van der Waals surface area contributed by atoms with Crippen molar-refractivity contribution in [1.82, 2.24) is 9.88 Å². The molecule has 0 aliphatic carbocycles. The first kappa shape index (κ1) is 21.5. The second kappa shape index (κ2) is 8.86. The zero-order valence-corrected chi connectivity index (χ0v) is 18.4. The first-order chi connectivity index (χ1) is 16.5. The molecular formula is C27H23N4O3. The van der Waals surface area contributed by atoms with Gasteiger partial charge in [-0.25, -0.2) is 0 Å². The summed E-state index contributed by atoms with van der Waals surface area (Å²) in [5, 5.41) is 3.79. The maximum Gasteiger partial charge on any atom is 0.265 e. The molecule has 0 spiro atoms. The van der Waals surface area contributed by atoms with E-state index in [1.807, 2.05) is 60.7 Å². The van der Waals surface area contributed by atoms with E-state index in [1.165, 1.54) is 0 Å². The molecule has 7 heteroatoms. The van der Waals surface area contributed by atoms with E-state index in [4.69, 9.17) is 5.73 Å². The van der Waals surface area contributed by atoms with Crippen molar-refractivity contribution in [2.24, 2.45) is 5.73 Å². The standard InChI is InChI=1S/C27H23N4O3/c28-26(33)25-22(21-8-4-5-9-23(21)30-25)12-13-24(32)31-15-18-10-11-20(14-19(18)16-31)29-27(34)17-6-2-1-3-7-17/h1-11,13-14,30H,12,15-16H2,(H2,28,33)(H,29,34). The van der Waals surface area contributed by atoms with E-state index in [0.717, 1.165) is 27.6 Å². The number of fused-ring (bicyclic) bond motifs is 2. The summed E-state index contributed by atoms with van der Waals surface area (Å²) in [7, 11) is 0. The van der Waals surface area contributed by atoms with Crippen LogP contribution in [0.5, 0.6) is 0 Å². The summed E-state index contributed by atoms with van der Waals surface area (Å²) >= 11 is 0. The number of hydrogen-bond acceptors (Lipinski definition) is 3. The Morgan fingerprint density at radius 3 is 2.47 bits per heavy atom. The zero-order valence-electron chi connectivity index (χ0n) is 18.4. The number of para-hydroxylation sites is 1. The average Bonchev–Trinajstić information content (AvgIpc) is 3.44. The van der Waals surface area contributed by atoms with E-state index >= 15 is 0 Å². The van der Waals surface area contributed by atoms with Crippen molar-refractivity contribution in [2.75, 3.05) is 5.32 Å². The molecule has 3 amide bonds. The van der Waals surface area contributed by atoms with Gasteiger partial charge in [-0.05, 0) is 53.4 Å². The van der Waals surface area contributed by atoms with E-state index in [-0.39, 0.29) is 11.8 Å². The number of anilines is 1. The van der Waals surface area contributed by atoms with Crippen LogP contribution in [0, 0.1) is 6.42 Å². The Hall–Kier alpha value is -4.39. The van der Waals surface area contributed by atoms with E-state index in [0.29, 0.717) is 36.5 Å². The third-order valence-corrected chi connectivity index (χ3v) is 6.08. The Labute approximate surface area is 196 Å². The number of amides is 3. The van der Waals surface area contributed by atoms with E-state index < -0.39 is 5.91 Å². The van der Waals surface area contributed by atoms with Gasteiger partial charge in [-0.3, -0.25) is 14.4 Å². The summed E-state index contributed by atoms with van der Waals surface area (Å²) in [5.41, 5.74) is 10.7. The van der Waals surface area contributed by atoms with Gasteiger partial charge >= 0.3 is 0 Å². The smallest absolute Gasteiger partial charge is 0.265 e. The maximum atomic E-state index is 12.9. The normalized spacial score (nSPS) is 12.5. The summed E-state index contributed by atoms with van der Waals surface area (Å²) in [6.07, 6.45) is 1.89. The predicted molar refractivity (Wildman–Crippen MR) is 130 cm³/mol. The minimum atomic E-state index is -0.550. The van der Waals surface area contributed by atoms with Crippen LogP contribution >= 0.6 is 0 Å². The van der Waals surface area contributed by atoms with Gasteiger partial charge < -0.3 is 20.9 Å². The molecule has 0 bridgehead atoms. The van der Waals surface area contributed by atoms with Gasteiger partial charge in [0.1, 0.15) is 5.69 Å². The van der Waals surface area contributed by atoms with Gasteiger partial charge in [0.15, 0.2) is 0 Å². The van der Waals surface area contributed by atoms with Gasteiger partial charge in [0.25, 0.3) is 11.8 Å². The molecular weight excluding hydrogens is 428 g/mol. The first-order valence-electron chi connectivity index (χ1n) is 11.0. The monoisotopic (exact) mass is 451 g/mol. The third kappa shape index (κ3) is 4.15. The number of rotatable bonds is 6. The van der Waals surface area contributed by atoms with Crippen molar-refractivity contribution < 1.29 is 14.4 Å². The fraction of sp³-hybridized carbons (Fsp3) is 0.111. The summed E-state index contributed by atoms with van der Waals surface area (Å²) in [4.78, 5) is 42.1. The number of aromatic amines is 1.